The third-order valence-electron chi connectivity index (χ3n) is 2.45. The maximum absolute atomic E-state index is 11.9. The van der Waals surface area contributed by atoms with Crippen molar-refractivity contribution in [2.24, 2.45) is 0 Å². The number of morpholine rings is 1. The van der Waals surface area contributed by atoms with Crippen LogP contribution in [0.15, 0.2) is 0 Å². The lowest BCUT2D eigenvalue weighted by Gasteiger charge is -2.31. The molecule has 0 aromatic heterocycles. The van der Waals surface area contributed by atoms with Crippen LogP contribution in [0.25, 0.3) is 0 Å². The molecule has 1 N–H and O–H groups in total. The van der Waals surface area contributed by atoms with Crippen LogP contribution in [0.3, 0.4) is 0 Å². The van der Waals surface area contributed by atoms with Gasteiger partial charge in [0.15, 0.2) is 0 Å². The summed E-state index contributed by atoms with van der Waals surface area (Å²) in [5.74, 6) is 0.106. The van der Waals surface area contributed by atoms with Crippen molar-refractivity contribution in [1.29, 1.82) is 0 Å². The monoisotopic (exact) mass is 200 g/mol. The fourth-order valence-electron chi connectivity index (χ4n) is 1.68. The van der Waals surface area contributed by atoms with Gasteiger partial charge in [-0.2, -0.15) is 0 Å². The molecule has 4 nitrogen and oxygen atoms in total. The Labute approximate surface area is 85.6 Å². The summed E-state index contributed by atoms with van der Waals surface area (Å²) < 4.78 is 5.42. The van der Waals surface area contributed by atoms with Crippen LogP contribution in [-0.2, 0) is 9.53 Å². The van der Waals surface area contributed by atoms with E-state index in [1.807, 2.05) is 25.7 Å². The van der Waals surface area contributed by atoms with Gasteiger partial charge in [0.1, 0.15) is 6.10 Å². The first-order valence-electron chi connectivity index (χ1n) is 5.29. The Morgan fingerprint density at radius 3 is 2.79 bits per heavy atom. The van der Waals surface area contributed by atoms with Gasteiger partial charge >= 0.3 is 0 Å². The lowest BCUT2D eigenvalue weighted by Crippen LogP contribution is -2.51. The lowest BCUT2D eigenvalue weighted by molar-refractivity contribution is -0.146. The fraction of sp³-hybridized carbons (Fsp3) is 0.900. The molecule has 1 saturated heterocycles. The fourth-order valence-corrected chi connectivity index (χ4v) is 1.68. The zero-order valence-corrected chi connectivity index (χ0v) is 9.25. The number of carbonyl (C=O) groups is 1. The molecular formula is C10H20N2O2. The lowest BCUT2D eigenvalue weighted by atomic mass is 10.2. The molecule has 1 fully saturated rings. The minimum absolute atomic E-state index is 0.106. The third-order valence-corrected chi connectivity index (χ3v) is 2.45. The Bertz CT molecular complexity index is 189. The summed E-state index contributed by atoms with van der Waals surface area (Å²) in [5.41, 5.74) is 0. The highest BCUT2D eigenvalue weighted by atomic mass is 16.5. The summed E-state index contributed by atoms with van der Waals surface area (Å²) in [5, 5.41) is 3.16. The molecule has 0 unspecified atom stereocenters. The van der Waals surface area contributed by atoms with Crippen LogP contribution in [0.1, 0.15) is 20.8 Å². The first-order chi connectivity index (χ1) is 6.66. The number of hydrogen-bond donors (Lipinski definition) is 1. The number of hydrogen-bond acceptors (Lipinski definition) is 3. The van der Waals surface area contributed by atoms with Crippen LogP contribution in [-0.4, -0.2) is 49.2 Å². The van der Waals surface area contributed by atoms with Crippen LogP contribution < -0.4 is 5.32 Å². The summed E-state index contributed by atoms with van der Waals surface area (Å²) in [6, 6.07) is 0.248. The van der Waals surface area contributed by atoms with Gasteiger partial charge in [-0.05, 0) is 20.8 Å². The Balaban J connectivity index is 2.52. The highest BCUT2D eigenvalue weighted by Crippen LogP contribution is 2.06. The number of carbonyl (C=O) groups excluding carboxylic acids is 1. The molecular weight excluding hydrogens is 180 g/mol. The van der Waals surface area contributed by atoms with Crippen molar-refractivity contribution in [3.05, 3.63) is 0 Å². The summed E-state index contributed by atoms with van der Waals surface area (Å²) in [4.78, 5) is 13.8. The van der Waals surface area contributed by atoms with Gasteiger partial charge in [0, 0.05) is 25.7 Å². The van der Waals surface area contributed by atoms with Gasteiger partial charge in [-0.15, -0.1) is 0 Å². The highest BCUT2D eigenvalue weighted by molar-refractivity contribution is 5.81. The van der Waals surface area contributed by atoms with Crippen molar-refractivity contribution >= 4 is 5.91 Å². The van der Waals surface area contributed by atoms with Crippen LogP contribution in [0.5, 0.6) is 0 Å². The molecule has 1 atom stereocenters. The quantitative estimate of drug-likeness (QED) is 0.709. The van der Waals surface area contributed by atoms with Gasteiger partial charge in [0.2, 0.25) is 0 Å². The molecule has 82 valence electrons. The van der Waals surface area contributed by atoms with E-state index >= 15 is 0 Å². The zero-order valence-electron chi connectivity index (χ0n) is 9.25. The molecule has 14 heavy (non-hydrogen) atoms. The minimum Gasteiger partial charge on any atom is -0.366 e. The number of amides is 1. The molecule has 1 rings (SSSR count). The maximum atomic E-state index is 11.9. The van der Waals surface area contributed by atoms with E-state index in [0.717, 1.165) is 13.1 Å². The van der Waals surface area contributed by atoms with E-state index in [9.17, 15) is 4.79 Å². The summed E-state index contributed by atoms with van der Waals surface area (Å²) >= 11 is 0. The molecule has 0 bridgehead atoms. The number of rotatable bonds is 3. The summed E-state index contributed by atoms with van der Waals surface area (Å²) in [6.45, 7) is 8.91. The molecule has 0 spiro atoms. The van der Waals surface area contributed by atoms with Crippen molar-refractivity contribution in [1.82, 2.24) is 10.2 Å². The van der Waals surface area contributed by atoms with Crippen molar-refractivity contribution < 1.29 is 9.53 Å². The first kappa shape index (κ1) is 11.5. The molecule has 0 saturated carbocycles. The largest absolute Gasteiger partial charge is 0.366 e. The van der Waals surface area contributed by atoms with E-state index in [2.05, 4.69) is 5.32 Å². The standard InChI is InChI=1S/C10H20N2O2/c1-4-12(8(2)3)10(13)9-7-11-5-6-14-9/h8-9,11H,4-7H2,1-3H3/t9-/m0/s1. The highest BCUT2D eigenvalue weighted by Gasteiger charge is 2.27. The van der Waals surface area contributed by atoms with Crippen molar-refractivity contribution in [3.63, 3.8) is 0 Å². The van der Waals surface area contributed by atoms with Gasteiger partial charge in [-0.3, -0.25) is 4.79 Å². The van der Waals surface area contributed by atoms with Gasteiger partial charge in [-0.25, -0.2) is 0 Å². The third kappa shape index (κ3) is 2.69. The predicted molar refractivity (Wildman–Crippen MR) is 55.1 cm³/mol. The van der Waals surface area contributed by atoms with Crippen LogP contribution >= 0.6 is 0 Å². The first-order valence-corrected chi connectivity index (χ1v) is 5.29. The SMILES string of the molecule is CCN(C(=O)[C@@H]1CNCCO1)C(C)C. The topological polar surface area (TPSA) is 41.6 Å². The van der Waals surface area contributed by atoms with E-state index in [1.54, 1.807) is 0 Å². The Morgan fingerprint density at radius 1 is 1.64 bits per heavy atom. The average Bonchev–Trinajstić information content (AvgIpc) is 2.19. The number of ether oxygens (including phenoxy) is 1. The number of likely N-dealkylation sites (N-methyl/N-ethyl adjacent to an activating group) is 1. The van der Waals surface area contributed by atoms with Crippen molar-refractivity contribution in [2.45, 2.75) is 32.9 Å². The molecule has 0 aromatic rings. The second-order valence-corrected chi connectivity index (χ2v) is 3.78. The zero-order chi connectivity index (χ0) is 10.6. The normalized spacial score (nSPS) is 22.4. The van der Waals surface area contributed by atoms with Crippen molar-refractivity contribution in [3.8, 4) is 0 Å². The van der Waals surface area contributed by atoms with Gasteiger partial charge in [0.05, 0.1) is 6.61 Å². The van der Waals surface area contributed by atoms with E-state index in [1.165, 1.54) is 0 Å². The van der Waals surface area contributed by atoms with Crippen LogP contribution in [0.2, 0.25) is 0 Å². The second-order valence-electron chi connectivity index (χ2n) is 3.78. The Hall–Kier alpha value is -0.610. The van der Waals surface area contributed by atoms with Gasteiger partial charge in [-0.1, -0.05) is 0 Å². The minimum atomic E-state index is -0.286. The van der Waals surface area contributed by atoms with E-state index in [0.29, 0.717) is 13.2 Å². The van der Waals surface area contributed by atoms with Crippen LogP contribution in [0, 0.1) is 0 Å². The van der Waals surface area contributed by atoms with Gasteiger partial charge < -0.3 is 15.0 Å². The van der Waals surface area contributed by atoms with E-state index < -0.39 is 0 Å². The molecule has 4 heteroatoms. The van der Waals surface area contributed by atoms with Gasteiger partial charge in [0.25, 0.3) is 5.91 Å². The molecule has 0 radical (unpaired) electrons. The van der Waals surface area contributed by atoms with Crippen molar-refractivity contribution in [2.75, 3.05) is 26.2 Å². The van der Waals surface area contributed by atoms with E-state index in [4.69, 9.17) is 4.74 Å². The average molecular weight is 200 g/mol. The maximum Gasteiger partial charge on any atom is 0.253 e. The number of nitrogens with one attached hydrogen (secondary N) is 1. The molecule has 1 heterocycles. The molecule has 0 aliphatic carbocycles. The molecule has 1 aliphatic rings. The van der Waals surface area contributed by atoms with E-state index in [-0.39, 0.29) is 18.1 Å². The van der Waals surface area contributed by atoms with Crippen LogP contribution in [0.4, 0.5) is 0 Å². The summed E-state index contributed by atoms with van der Waals surface area (Å²) in [7, 11) is 0. The Kier molecular flexibility index (Phi) is 4.35. The molecule has 1 amide bonds. The molecule has 1 aliphatic heterocycles. The molecule has 0 aromatic carbocycles. The predicted octanol–water partition coefficient (Wildman–Crippen LogP) is 0.232. The Morgan fingerprint density at radius 2 is 2.36 bits per heavy atom. The number of nitrogens with zero attached hydrogens (tertiary/aromatic N) is 1. The second kappa shape index (κ2) is 5.32. The summed E-state index contributed by atoms with van der Waals surface area (Å²) in [6.07, 6.45) is -0.286. The smallest absolute Gasteiger partial charge is 0.253 e.